The fraction of sp³-hybridized carbons (Fsp3) is 0.472. The van der Waals surface area contributed by atoms with Gasteiger partial charge < -0.3 is 25.8 Å². The molecule has 1 heterocycles. The molecular weight excluding hydrogens is 604 g/mol. The Balaban J connectivity index is 0.00000576. The number of aliphatic hydroxyl groups is 1. The number of halogens is 1. The lowest BCUT2D eigenvalue weighted by Gasteiger charge is -2.35. The van der Waals surface area contributed by atoms with E-state index in [1.165, 1.54) is 4.90 Å². The highest BCUT2D eigenvalue weighted by atomic mass is 35.5. The van der Waals surface area contributed by atoms with Crippen molar-refractivity contribution in [2.24, 2.45) is 5.41 Å². The van der Waals surface area contributed by atoms with Crippen molar-refractivity contribution in [2.45, 2.75) is 77.9 Å². The second kappa shape index (κ2) is 17.5. The van der Waals surface area contributed by atoms with Crippen molar-refractivity contribution in [1.82, 2.24) is 20.9 Å². The summed E-state index contributed by atoms with van der Waals surface area (Å²) in [4.78, 5) is 42.7. The minimum atomic E-state index is -1.08. The van der Waals surface area contributed by atoms with Crippen molar-refractivity contribution >= 4 is 40.9 Å². The lowest BCUT2D eigenvalue weighted by molar-refractivity contribution is -0.157. The molecule has 10 heteroatoms. The van der Waals surface area contributed by atoms with Gasteiger partial charge in [-0.1, -0.05) is 93.6 Å². The molecule has 3 amide bonds. The van der Waals surface area contributed by atoms with Gasteiger partial charge in [0, 0.05) is 31.5 Å². The number of ether oxygens (including phenoxy) is 1. The minimum Gasteiger partial charge on any atom is -0.390 e. The molecule has 0 saturated carbocycles. The highest BCUT2D eigenvalue weighted by molar-refractivity contribution is 6.04. The van der Waals surface area contributed by atoms with Gasteiger partial charge >= 0.3 is 0 Å². The van der Waals surface area contributed by atoms with Gasteiger partial charge in [-0.2, -0.15) is 0 Å². The maximum atomic E-state index is 13.9. The van der Waals surface area contributed by atoms with Crippen LogP contribution in [-0.2, 0) is 32.1 Å². The van der Waals surface area contributed by atoms with E-state index < -0.39 is 35.4 Å². The van der Waals surface area contributed by atoms with E-state index in [4.69, 9.17) is 4.74 Å². The number of nitrogens with zero attached hydrogens (tertiary/aromatic N) is 1. The van der Waals surface area contributed by atoms with Crippen LogP contribution in [0.25, 0.3) is 10.8 Å². The highest BCUT2D eigenvalue weighted by Crippen LogP contribution is 2.25. The first-order chi connectivity index (χ1) is 21.5. The summed E-state index contributed by atoms with van der Waals surface area (Å²) in [6.45, 7) is 9.13. The number of hydrogen-bond donors (Lipinski definition) is 4. The first kappa shape index (κ1) is 37.1. The summed E-state index contributed by atoms with van der Waals surface area (Å²) in [6.07, 6.45) is 0.627. The summed E-state index contributed by atoms with van der Waals surface area (Å²) in [5.74, 6) is -1.28. The SMILES string of the molecule is C[C@H](CNCC(O)CNC(=O)[C@@H](Cc1ccc2ccccc2c1)N(C(=O)[C@@H]1CCCN1)C(=O)C(C)(C)C)OCc1ccccc1.Cl. The molecule has 1 unspecified atom stereocenters. The first-order valence-electron chi connectivity index (χ1n) is 15.9. The number of imide groups is 1. The molecular formula is C36H49ClN4O5. The van der Waals surface area contributed by atoms with Crippen LogP contribution in [0.5, 0.6) is 0 Å². The van der Waals surface area contributed by atoms with E-state index in [2.05, 4.69) is 16.0 Å². The number of amides is 3. The predicted octanol–water partition coefficient (Wildman–Crippen LogP) is 4.00. The van der Waals surface area contributed by atoms with Gasteiger partial charge in [0.1, 0.15) is 6.04 Å². The van der Waals surface area contributed by atoms with Crippen LogP contribution < -0.4 is 16.0 Å². The number of nitrogens with one attached hydrogen (secondary N) is 3. The molecule has 0 aliphatic carbocycles. The normalized spacial score (nSPS) is 16.7. The van der Waals surface area contributed by atoms with Crippen molar-refractivity contribution in [3.63, 3.8) is 0 Å². The number of carbonyl (C=O) groups excluding carboxylic acids is 3. The van der Waals surface area contributed by atoms with Gasteiger partial charge in [0.25, 0.3) is 0 Å². The molecule has 0 aromatic heterocycles. The summed E-state index contributed by atoms with van der Waals surface area (Å²) in [5, 5.41) is 22.0. The molecule has 0 spiro atoms. The largest absolute Gasteiger partial charge is 0.390 e. The van der Waals surface area contributed by atoms with E-state index >= 15 is 0 Å². The van der Waals surface area contributed by atoms with Crippen molar-refractivity contribution in [3.05, 3.63) is 83.9 Å². The molecule has 1 aliphatic heterocycles. The van der Waals surface area contributed by atoms with E-state index in [0.29, 0.717) is 26.1 Å². The third kappa shape index (κ3) is 10.6. The van der Waals surface area contributed by atoms with E-state index in [1.54, 1.807) is 20.8 Å². The Morgan fingerprint density at radius 3 is 2.33 bits per heavy atom. The standard InChI is InChI=1S/C36H48N4O5.ClH/c1-25(45-24-26-11-6-5-7-12-26)21-37-22-30(41)23-39-33(42)32(20-27-16-17-28-13-8-9-14-29(28)19-27)40(35(44)36(2,3)4)34(43)31-15-10-18-38-31;/h5-9,11-14,16-17,19,25,30-32,37-38,41H,10,15,18,20-24H2,1-4H3,(H,39,42);1H/t25-,30?,31+,32-;/m1./s1. The van der Waals surface area contributed by atoms with Crippen molar-refractivity contribution in [1.29, 1.82) is 0 Å². The number of hydrogen-bond acceptors (Lipinski definition) is 7. The van der Waals surface area contributed by atoms with E-state index in [1.807, 2.05) is 79.7 Å². The Morgan fingerprint density at radius 1 is 0.957 bits per heavy atom. The summed E-state index contributed by atoms with van der Waals surface area (Å²) in [7, 11) is 0. The molecule has 9 nitrogen and oxygen atoms in total. The average molecular weight is 653 g/mol. The number of carbonyl (C=O) groups is 3. The quantitative estimate of drug-likeness (QED) is 0.208. The van der Waals surface area contributed by atoms with Crippen molar-refractivity contribution in [3.8, 4) is 0 Å². The van der Waals surface area contributed by atoms with Crippen LogP contribution in [0.15, 0.2) is 72.8 Å². The first-order valence-corrected chi connectivity index (χ1v) is 15.9. The molecule has 4 N–H and O–H groups in total. The topological polar surface area (TPSA) is 120 Å². The Morgan fingerprint density at radius 2 is 1.65 bits per heavy atom. The molecule has 1 saturated heterocycles. The maximum absolute atomic E-state index is 13.9. The van der Waals surface area contributed by atoms with Crippen LogP contribution >= 0.6 is 12.4 Å². The summed E-state index contributed by atoms with van der Waals surface area (Å²) < 4.78 is 5.88. The number of aliphatic hydroxyl groups excluding tert-OH is 1. The molecule has 1 fully saturated rings. The molecule has 4 rings (SSSR count). The molecule has 250 valence electrons. The summed E-state index contributed by atoms with van der Waals surface area (Å²) in [5.41, 5.74) is 1.03. The Bertz CT molecular complexity index is 1420. The third-order valence-corrected chi connectivity index (χ3v) is 8.01. The van der Waals surface area contributed by atoms with E-state index in [0.717, 1.165) is 28.3 Å². The van der Waals surface area contributed by atoms with E-state index in [9.17, 15) is 19.5 Å². The third-order valence-electron chi connectivity index (χ3n) is 8.01. The zero-order valence-corrected chi connectivity index (χ0v) is 28.1. The van der Waals surface area contributed by atoms with Gasteiger partial charge in [-0.3, -0.25) is 19.3 Å². The Kier molecular flexibility index (Phi) is 14.2. The molecule has 4 atom stereocenters. The molecule has 3 aromatic carbocycles. The number of benzene rings is 3. The second-order valence-electron chi connectivity index (χ2n) is 13.0. The smallest absolute Gasteiger partial charge is 0.247 e. The minimum absolute atomic E-state index is 0. The second-order valence-corrected chi connectivity index (χ2v) is 13.0. The summed E-state index contributed by atoms with van der Waals surface area (Å²) >= 11 is 0. The molecule has 3 aromatic rings. The zero-order chi connectivity index (χ0) is 32.4. The maximum Gasteiger partial charge on any atom is 0.247 e. The predicted molar refractivity (Wildman–Crippen MR) is 184 cm³/mol. The molecule has 1 aliphatic rings. The molecule has 46 heavy (non-hydrogen) atoms. The fourth-order valence-corrected chi connectivity index (χ4v) is 5.44. The zero-order valence-electron chi connectivity index (χ0n) is 27.3. The van der Waals surface area contributed by atoms with Gasteiger partial charge in [-0.05, 0) is 48.2 Å². The number of fused-ring (bicyclic) bond motifs is 1. The lowest BCUT2D eigenvalue weighted by Crippen LogP contribution is -2.60. The van der Waals surface area contributed by atoms with Gasteiger partial charge in [0.15, 0.2) is 0 Å². The van der Waals surface area contributed by atoms with Crippen LogP contribution in [0.1, 0.15) is 51.7 Å². The molecule has 0 bridgehead atoms. The summed E-state index contributed by atoms with van der Waals surface area (Å²) in [6, 6.07) is 22.1. The van der Waals surface area contributed by atoms with E-state index in [-0.39, 0.29) is 43.9 Å². The van der Waals surface area contributed by atoms with Crippen LogP contribution in [0, 0.1) is 5.41 Å². The highest BCUT2D eigenvalue weighted by Gasteiger charge is 2.42. The van der Waals surface area contributed by atoms with Gasteiger partial charge in [-0.25, -0.2) is 0 Å². The van der Waals surface area contributed by atoms with Crippen molar-refractivity contribution in [2.75, 3.05) is 26.2 Å². The Hall–Kier alpha value is -3.34. The lowest BCUT2D eigenvalue weighted by atomic mass is 9.91. The van der Waals surface area contributed by atoms with Crippen LogP contribution in [0.2, 0.25) is 0 Å². The van der Waals surface area contributed by atoms with Crippen LogP contribution in [0.3, 0.4) is 0 Å². The van der Waals surface area contributed by atoms with Crippen LogP contribution in [0.4, 0.5) is 0 Å². The van der Waals surface area contributed by atoms with Crippen molar-refractivity contribution < 1.29 is 24.2 Å². The van der Waals surface area contributed by atoms with Crippen LogP contribution in [-0.4, -0.2) is 78.2 Å². The molecule has 0 radical (unpaired) electrons. The van der Waals surface area contributed by atoms with Gasteiger partial charge in [-0.15, -0.1) is 12.4 Å². The van der Waals surface area contributed by atoms with Gasteiger partial charge in [0.2, 0.25) is 17.7 Å². The van der Waals surface area contributed by atoms with Gasteiger partial charge in [0.05, 0.1) is 24.9 Å². The monoisotopic (exact) mass is 652 g/mol. The number of rotatable bonds is 14. The average Bonchev–Trinajstić information content (AvgIpc) is 3.57. The Labute approximate surface area is 278 Å². The fourth-order valence-electron chi connectivity index (χ4n) is 5.44.